The second-order valence-electron chi connectivity index (χ2n) is 3.30. The zero-order chi connectivity index (χ0) is 10.1. The van der Waals surface area contributed by atoms with Gasteiger partial charge in [-0.25, -0.2) is 9.97 Å². The van der Waals surface area contributed by atoms with Crippen LogP contribution in [0.15, 0.2) is 0 Å². The van der Waals surface area contributed by atoms with Crippen molar-refractivity contribution in [1.82, 2.24) is 15.3 Å². The van der Waals surface area contributed by atoms with Gasteiger partial charge in [0.2, 0.25) is 5.95 Å². The van der Waals surface area contributed by atoms with Gasteiger partial charge in [-0.15, -0.1) is 0 Å². The molecule has 0 bridgehead atoms. The van der Waals surface area contributed by atoms with Crippen LogP contribution in [-0.4, -0.2) is 22.8 Å². The Labute approximate surface area is 81.7 Å². The lowest BCUT2D eigenvalue weighted by atomic mass is 10.1. The third-order valence-electron chi connectivity index (χ3n) is 2.29. The van der Waals surface area contributed by atoms with Crippen molar-refractivity contribution in [3.05, 3.63) is 17.0 Å². The zero-order valence-electron chi connectivity index (χ0n) is 8.00. The van der Waals surface area contributed by atoms with Gasteiger partial charge in [-0.05, 0) is 13.5 Å². The predicted molar refractivity (Wildman–Crippen MR) is 51.9 cm³/mol. The summed E-state index contributed by atoms with van der Waals surface area (Å²) >= 11 is 0. The summed E-state index contributed by atoms with van der Waals surface area (Å²) in [5.74, 6) is 0.383. The summed E-state index contributed by atoms with van der Waals surface area (Å²) in [6.07, 6.45) is 1.22. The Morgan fingerprint density at radius 2 is 2.21 bits per heavy atom. The number of ketones is 1. The smallest absolute Gasteiger partial charge is 0.220 e. The van der Waals surface area contributed by atoms with E-state index in [2.05, 4.69) is 15.3 Å². The van der Waals surface area contributed by atoms with Crippen LogP contribution < -0.4 is 11.1 Å². The van der Waals surface area contributed by atoms with Gasteiger partial charge in [0.05, 0.1) is 17.0 Å². The van der Waals surface area contributed by atoms with Gasteiger partial charge in [0.25, 0.3) is 0 Å². The van der Waals surface area contributed by atoms with E-state index in [0.29, 0.717) is 24.9 Å². The fourth-order valence-electron chi connectivity index (χ4n) is 1.73. The lowest BCUT2D eigenvalue weighted by Gasteiger charge is -2.05. The van der Waals surface area contributed by atoms with Crippen molar-refractivity contribution in [3.8, 4) is 0 Å². The van der Waals surface area contributed by atoms with E-state index in [0.717, 1.165) is 11.4 Å². The number of fused-ring (bicyclic) bond motifs is 1. The van der Waals surface area contributed by atoms with Crippen LogP contribution in [0.25, 0.3) is 0 Å². The monoisotopic (exact) mass is 192 g/mol. The van der Waals surface area contributed by atoms with E-state index in [9.17, 15) is 4.79 Å². The molecule has 2 rings (SSSR count). The maximum absolute atomic E-state index is 11.5. The molecule has 14 heavy (non-hydrogen) atoms. The lowest BCUT2D eigenvalue weighted by Crippen LogP contribution is -2.14. The molecule has 3 N–H and O–H groups in total. The van der Waals surface area contributed by atoms with Crippen molar-refractivity contribution in [2.45, 2.75) is 19.4 Å². The number of anilines is 1. The lowest BCUT2D eigenvalue weighted by molar-refractivity contribution is 0.0993. The van der Waals surface area contributed by atoms with Crippen LogP contribution in [0.1, 0.15) is 28.2 Å². The topological polar surface area (TPSA) is 80.9 Å². The molecule has 1 aromatic rings. The molecule has 1 aliphatic rings. The minimum absolute atomic E-state index is 0.130. The average Bonchev–Trinajstić information content (AvgIpc) is 2.48. The summed E-state index contributed by atoms with van der Waals surface area (Å²) in [7, 11) is 1.81. The summed E-state index contributed by atoms with van der Waals surface area (Å²) in [6.45, 7) is 0.556. The van der Waals surface area contributed by atoms with E-state index in [4.69, 9.17) is 5.73 Å². The third-order valence-corrected chi connectivity index (χ3v) is 2.29. The second-order valence-corrected chi connectivity index (χ2v) is 3.30. The Hall–Kier alpha value is -1.49. The molecule has 0 aromatic carbocycles. The first-order valence-electron chi connectivity index (χ1n) is 4.55. The molecule has 0 amide bonds. The molecule has 0 saturated carbocycles. The van der Waals surface area contributed by atoms with E-state index in [1.54, 1.807) is 0 Å². The van der Waals surface area contributed by atoms with E-state index in [-0.39, 0.29) is 11.7 Å². The summed E-state index contributed by atoms with van der Waals surface area (Å²) < 4.78 is 0. The molecule has 74 valence electrons. The van der Waals surface area contributed by atoms with Gasteiger partial charge in [0, 0.05) is 13.0 Å². The maximum Gasteiger partial charge on any atom is 0.220 e. The molecule has 0 saturated heterocycles. The largest absolute Gasteiger partial charge is 0.368 e. The Morgan fingerprint density at radius 3 is 2.93 bits per heavy atom. The molecule has 0 radical (unpaired) electrons. The molecule has 0 aliphatic heterocycles. The van der Waals surface area contributed by atoms with Gasteiger partial charge in [0.1, 0.15) is 0 Å². The number of nitrogens with zero attached hydrogens (tertiary/aromatic N) is 2. The number of hydrogen-bond acceptors (Lipinski definition) is 5. The fraction of sp³-hybridized carbons (Fsp3) is 0.444. The quantitative estimate of drug-likeness (QED) is 0.684. The van der Waals surface area contributed by atoms with Crippen LogP contribution in [0, 0.1) is 0 Å². The zero-order valence-corrected chi connectivity index (χ0v) is 8.00. The van der Waals surface area contributed by atoms with Crippen LogP contribution in [0.5, 0.6) is 0 Å². The number of rotatable bonds is 2. The number of nitrogens with two attached hydrogens (primary N) is 1. The summed E-state index contributed by atoms with van der Waals surface area (Å²) in [5.41, 5.74) is 7.74. The Kier molecular flexibility index (Phi) is 2.17. The molecule has 1 aliphatic carbocycles. The number of carbonyl (C=O) groups excluding carboxylic acids is 1. The Bertz CT molecular complexity index is 389. The molecule has 0 unspecified atom stereocenters. The molecule has 0 fully saturated rings. The molecule has 5 nitrogen and oxygen atoms in total. The molecule has 1 aromatic heterocycles. The third kappa shape index (κ3) is 1.35. The highest BCUT2D eigenvalue weighted by Crippen LogP contribution is 2.23. The summed E-state index contributed by atoms with van der Waals surface area (Å²) in [4.78, 5) is 19.7. The van der Waals surface area contributed by atoms with Crippen LogP contribution >= 0.6 is 0 Å². The van der Waals surface area contributed by atoms with Gasteiger partial charge in [0.15, 0.2) is 5.78 Å². The van der Waals surface area contributed by atoms with Crippen molar-refractivity contribution >= 4 is 11.7 Å². The van der Waals surface area contributed by atoms with E-state index >= 15 is 0 Å². The van der Waals surface area contributed by atoms with Crippen LogP contribution in [0.2, 0.25) is 0 Å². The first-order chi connectivity index (χ1) is 6.72. The molecular weight excluding hydrogens is 180 g/mol. The first kappa shape index (κ1) is 9.08. The van der Waals surface area contributed by atoms with Gasteiger partial charge >= 0.3 is 0 Å². The average molecular weight is 192 g/mol. The fourth-order valence-corrected chi connectivity index (χ4v) is 1.73. The first-order valence-corrected chi connectivity index (χ1v) is 4.55. The van der Waals surface area contributed by atoms with Crippen LogP contribution in [0.3, 0.4) is 0 Å². The molecular formula is C9H12N4O. The minimum atomic E-state index is 0.130. The van der Waals surface area contributed by atoms with E-state index in [1.165, 1.54) is 0 Å². The number of Topliss-reactive ketones (excluding diaryl/α,β-unsaturated/α-hetero) is 1. The number of nitrogen functional groups attached to an aromatic ring is 1. The van der Waals surface area contributed by atoms with E-state index in [1.807, 2.05) is 7.05 Å². The number of aromatic nitrogens is 2. The van der Waals surface area contributed by atoms with Crippen molar-refractivity contribution in [2.24, 2.45) is 0 Å². The number of hydrogen-bond donors (Lipinski definition) is 2. The van der Waals surface area contributed by atoms with Gasteiger partial charge in [-0.3, -0.25) is 4.79 Å². The van der Waals surface area contributed by atoms with Crippen molar-refractivity contribution in [3.63, 3.8) is 0 Å². The number of carbonyl (C=O) groups is 1. The molecule has 0 atom stereocenters. The Balaban J connectivity index is 2.53. The highest BCUT2D eigenvalue weighted by atomic mass is 16.1. The van der Waals surface area contributed by atoms with Crippen molar-refractivity contribution in [2.75, 3.05) is 12.8 Å². The summed E-state index contributed by atoms with van der Waals surface area (Å²) in [5, 5.41) is 2.96. The van der Waals surface area contributed by atoms with Gasteiger partial charge in [-0.1, -0.05) is 0 Å². The molecule has 0 spiro atoms. The van der Waals surface area contributed by atoms with Crippen molar-refractivity contribution < 1.29 is 4.79 Å². The molecule has 5 heteroatoms. The SMILES string of the molecule is CNCc1nc(N)nc2c1C(=O)CC2. The maximum atomic E-state index is 11.5. The van der Waals surface area contributed by atoms with Gasteiger partial charge < -0.3 is 11.1 Å². The minimum Gasteiger partial charge on any atom is -0.368 e. The molecule has 1 heterocycles. The van der Waals surface area contributed by atoms with E-state index < -0.39 is 0 Å². The second kappa shape index (κ2) is 3.34. The highest BCUT2D eigenvalue weighted by molar-refractivity contribution is 6.00. The standard InChI is InChI=1S/C9H12N4O/c1-11-4-6-8-5(2-3-7(8)14)12-9(10)13-6/h11H,2-4H2,1H3,(H2,10,12,13). The predicted octanol–water partition coefficient (Wildman–Crippen LogP) is -0.0929. The Morgan fingerprint density at radius 1 is 1.43 bits per heavy atom. The highest BCUT2D eigenvalue weighted by Gasteiger charge is 2.25. The van der Waals surface area contributed by atoms with Crippen LogP contribution in [-0.2, 0) is 13.0 Å². The van der Waals surface area contributed by atoms with Crippen LogP contribution in [0.4, 0.5) is 5.95 Å². The number of nitrogens with one attached hydrogen (secondary N) is 1. The van der Waals surface area contributed by atoms with Crippen molar-refractivity contribution in [1.29, 1.82) is 0 Å². The summed E-state index contributed by atoms with van der Waals surface area (Å²) in [6, 6.07) is 0. The number of aryl methyl sites for hydroxylation is 1. The normalized spacial score (nSPS) is 14.5. The van der Waals surface area contributed by atoms with Gasteiger partial charge in [-0.2, -0.15) is 0 Å².